The monoisotopic (exact) mass is 204 g/mol. The zero-order valence-electron chi connectivity index (χ0n) is 6.57. The molecule has 9 heteroatoms. The zero-order valence-corrected chi connectivity index (χ0v) is 12.8. The van der Waals surface area contributed by atoms with Gasteiger partial charge in [0.2, 0.25) is 0 Å². The molecule has 0 rings (SSSR count). The van der Waals surface area contributed by atoms with E-state index in [-0.39, 0.29) is 125 Å². The molecule has 0 aliphatic carbocycles. The molecule has 0 aliphatic rings. The first-order valence-corrected chi connectivity index (χ1v) is 0.816. The van der Waals surface area contributed by atoms with Gasteiger partial charge >= 0.3 is 0 Å². The summed E-state index contributed by atoms with van der Waals surface area (Å²) in [5.41, 5.74) is 9.25. The number of nitrogens with two attached hydrogens (primary N) is 2. The second kappa shape index (κ2) is 90.3. The summed E-state index contributed by atoms with van der Waals surface area (Å²) in [6.07, 6.45) is 0. The van der Waals surface area contributed by atoms with Gasteiger partial charge in [-0.2, -0.15) is 0 Å². The van der Waals surface area contributed by atoms with Crippen molar-refractivity contribution in [1.29, 1.82) is 0 Å². The molecule has 0 saturated carbocycles. The van der Waals surface area contributed by atoms with Crippen LogP contribution < -0.4 is 11.5 Å². The SMILES string of the molecule is NCN.O.O.O.O.[Ca].[Na].[Na]. The summed E-state index contributed by atoms with van der Waals surface area (Å²) in [5.74, 6) is 0. The van der Waals surface area contributed by atoms with Crippen LogP contribution >= 0.6 is 0 Å². The Morgan fingerprint density at radius 3 is 0.700 bits per heavy atom. The Morgan fingerprint density at radius 1 is 0.700 bits per heavy atom. The second-order valence-corrected chi connectivity index (χ2v) is 0.236. The molecule has 0 aromatic heterocycles. The van der Waals surface area contributed by atoms with Crippen molar-refractivity contribution in [1.82, 2.24) is 0 Å². The molecule has 56 valence electrons. The van der Waals surface area contributed by atoms with Gasteiger partial charge in [0.15, 0.2) is 0 Å². The van der Waals surface area contributed by atoms with Crippen LogP contribution in [0.3, 0.4) is 0 Å². The van der Waals surface area contributed by atoms with E-state index in [1.807, 2.05) is 0 Å². The molecule has 0 heterocycles. The first-order chi connectivity index (χ1) is 1.41. The zero-order chi connectivity index (χ0) is 2.71. The van der Waals surface area contributed by atoms with Gasteiger partial charge in [-0.15, -0.1) is 0 Å². The molecular formula is CH14CaN2Na2O4. The molecule has 0 aliphatic heterocycles. The molecule has 0 fully saturated rings. The standard InChI is InChI=1S/CH6N2.Ca.2Na.4H2O/c2-1-3;;;;;;;/h1-3H2;;;;4*1H2. The quantitative estimate of drug-likeness (QED) is 0.295. The van der Waals surface area contributed by atoms with Crippen molar-refractivity contribution in [3.8, 4) is 0 Å². The number of hydrogen-bond acceptors (Lipinski definition) is 2. The van der Waals surface area contributed by atoms with Crippen LogP contribution in [0.15, 0.2) is 0 Å². The van der Waals surface area contributed by atoms with Crippen LogP contribution in [-0.2, 0) is 0 Å². The van der Waals surface area contributed by atoms with Crippen LogP contribution in [0, 0.1) is 0 Å². The summed E-state index contributed by atoms with van der Waals surface area (Å²) in [7, 11) is 0. The van der Waals surface area contributed by atoms with Crippen LogP contribution in [-0.4, -0.2) is 125 Å². The second-order valence-electron chi connectivity index (χ2n) is 0.236. The molecule has 0 saturated heterocycles. The van der Waals surface area contributed by atoms with E-state index in [4.69, 9.17) is 0 Å². The largest absolute Gasteiger partial charge is 0.412 e. The van der Waals surface area contributed by atoms with Crippen LogP contribution in [0.2, 0.25) is 0 Å². The van der Waals surface area contributed by atoms with Crippen LogP contribution in [0.1, 0.15) is 0 Å². The maximum atomic E-state index is 4.62. The third-order valence-corrected chi connectivity index (χ3v) is 0. The van der Waals surface area contributed by atoms with Gasteiger partial charge < -0.3 is 33.4 Å². The van der Waals surface area contributed by atoms with Gasteiger partial charge in [-0.25, -0.2) is 0 Å². The van der Waals surface area contributed by atoms with Gasteiger partial charge in [-0.3, -0.25) is 0 Å². The van der Waals surface area contributed by atoms with Gasteiger partial charge in [-0.05, 0) is 0 Å². The van der Waals surface area contributed by atoms with Crippen molar-refractivity contribution in [2.24, 2.45) is 11.5 Å². The molecule has 10 heavy (non-hydrogen) atoms. The fourth-order valence-corrected chi connectivity index (χ4v) is 0. The number of rotatable bonds is 0. The Balaban J connectivity index is -0.000000000952. The third-order valence-electron chi connectivity index (χ3n) is 0. The Labute approximate surface area is 134 Å². The van der Waals surface area contributed by atoms with Gasteiger partial charge in [0.25, 0.3) is 0 Å². The molecule has 0 atom stereocenters. The molecule has 6 nitrogen and oxygen atoms in total. The fraction of sp³-hybridized carbons (Fsp3) is 1.00. The minimum atomic E-state index is 0. The average molecular weight is 204 g/mol. The van der Waals surface area contributed by atoms with E-state index in [0.717, 1.165) is 0 Å². The van der Waals surface area contributed by atoms with E-state index in [1.165, 1.54) is 0 Å². The third kappa shape index (κ3) is 121. The summed E-state index contributed by atoms with van der Waals surface area (Å²) in [5, 5.41) is 0. The van der Waals surface area contributed by atoms with Crippen LogP contribution in [0.4, 0.5) is 0 Å². The van der Waals surface area contributed by atoms with Crippen molar-refractivity contribution in [3.05, 3.63) is 0 Å². The molecule has 4 radical (unpaired) electrons. The molecule has 0 unspecified atom stereocenters. The smallest absolute Gasteiger partial charge is 0.0403 e. The normalized spacial score (nSPS) is 1.80. The van der Waals surface area contributed by atoms with E-state index >= 15 is 0 Å². The van der Waals surface area contributed by atoms with Crippen molar-refractivity contribution in [2.75, 3.05) is 6.67 Å². The van der Waals surface area contributed by atoms with Crippen molar-refractivity contribution in [3.63, 3.8) is 0 Å². The van der Waals surface area contributed by atoms with E-state index in [0.29, 0.717) is 0 Å². The molecule has 0 spiro atoms. The Bertz CT molecular complexity index is 21.2. The molecule has 0 aromatic carbocycles. The topological polar surface area (TPSA) is 178 Å². The summed E-state index contributed by atoms with van der Waals surface area (Å²) in [6.45, 7) is 0.250. The van der Waals surface area contributed by atoms with Crippen LogP contribution in [0.5, 0.6) is 0 Å². The van der Waals surface area contributed by atoms with Gasteiger partial charge in [0.05, 0.1) is 0 Å². The van der Waals surface area contributed by atoms with Gasteiger partial charge in [-0.1, -0.05) is 0 Å². The van der Waals surface area contributed by atoms with Crippen LogP contribution in [0.25, 0.3) is 0 Å². The van der Waals surface area contributed by atoms with E-state index in [1.54, 1.807) is 0 Å². The molecule has 0 amide bonds. The first-order valence-electron chi connectivity index (χ1n) is 0.816. The Kier molecular flexibility index (Phi) is 674. The summed E-state index contributed by atoms with van der Waals surface area (Å²) in [6, 6.07) is 0. The summed E-state index contributed by atoms with van der Waals surface area (Å²) in [4.78, 5) is 0. The first kappa shape index (κ1) is 74.7. The minimum Gasteiger partial charge on any atom is -0.412 e. The van der Waals surface area contributed by atoms with Crippen molar-refractivity contribution in [2.45, 2.75) is 0 Å². The predicted octanol–water partition coefficient (Wildman–Crippen LogP) is -5.58. The molecule has 12 N–H and O–H groups in total. The molecule has 0 aromatic rings. The Morgan fingerprint density at radius 2 is 0.700 bits per heavy atom. The summed E-state index contributed by atoms with van der Waals surface area (Å²) >= 11 is 0. The predicted molar refractivity (Wildman–Crippen MR) is 45.0 cm³/mol. The van der Waals surface area contributed by atoms with Gasteiger partial charge in [0, 0.05) is 104 Å². The van der Waals surface area contributed by atoms with Gasteiger partial charge in [0.1, 0.15) is 0 Å². The number of hydrogen-bond donors (Lipinski definition) is 2. The minimum absolute atomic E-state index is 0. The van der Waals surface area contributed by atoms with Crippen molar-refractivity contribution < 1.29 is 21.9 Å². The average Bonchev–Trinajstić information content (AvgIpc) is 0.918. The van der Waals surface area contributed by atoms with E-state index < -0.39 is 0 Å². The van der Waals surface area contributed by atoms with E-state index in [9.17, 15) is 0 Å². The Hall–Kier alpha value is 3.02. The van der Waals surface area contributed by atoms with Crippen molar-refractivity contribution >= 4 is 96.9 Å². The fourth-order valence-electron chi connectivity index (χ4n) is 0. The maximum absolute atomic E-state index is 4.62. The molecule has 0 bridgehead atoms. The summed E-state index contributed by atoms with van der Waals surface area (Å²) < 4.78 is 0. The van der Waals surface area contributed by atoms with E-state index in [2.05, 4.69) is 11.5 Å². The molecular weight excluding hydrogens is 190 g/mol. The maximum Gasteiger partial charge on any atom is 0.0403 e.